The van der Waals surface area contributed by atoms with Gasteiger partial charge < -0.3 is 15.1 Å². The molecule has 0 aliphatic rings. The third kappa shape index (κ3) is 0.724. The Hall–Kier alpha value is -1.71. The predicted molar refractivity (Wildman–Crippen MR) is 41.2 cm³/mol. The molecular weight excluding hydrogens is 144 g/mol. The van der Waals surface area contributed by atoms with E-state index in [0.717, 1.165) is 0 Å². The van der Waals surface area contributed by atoms with Gasteiger partial charge in [-0.2, -0.15) is 0 Å². The second-order valence-corrected chi connectivity index (χ2v) is 2.23. The fraction of sp³-hybridized carbons (Fsp3) is 0. The highest BCUT2D eigenvalue weighted by Gasteiger charge is 2.02. The molecule has 2 rings (SSSR count). The lowest BCUT2D eigenvalue weighted by molar-refractivity contribution is 0.614. The van der Waals surface area contributed by atoms with Crippen LogP contribution >= 0.6 is 0 Å². The van der Waals surface area contributed by atoms with E-state index in [1.807, 2.05) is 0 Å². The van der Waals surface area contributed by atoms with Gasteiger partial charge in [0, 0.05) is 6.20 Å². The molecule has 0 unspecified atom stereocenters. The van der Waals surface area contributed by atoms with Gasteiger partial charge in [0.25, 0.3) is 5.56 Å². The van der Waals surface area contributed by atoms with E-state index >= 15 is 0 Å². The van der Waals surface area contributed by atoms with Crippen LogP contribution in [0.3, 0.4) is 0 Å². The van der Waals surface area contributed by atoms with Gasteiger partial charge in [-0.3, -0.25) is 4.79 Å². The highest BCUT2D eigenvalue weighted by molar-refractivity contribution is 5.87. The largest absolute Gasteiger partial charge is 0.463 e. The predicted octanol–water partition coefficient (Wildman–Crippen LogP) is 0.703. The maximum absolute atomic E-state index is 10.9. The van der Waals surface area contributed by atoms with Gasteiger partial charge in [-0.25, -0.2) is 0 Å². The zero-order valence-corrected chi connectivity index (χ0v) is 5.63. The summed E-state index contributed by atoms with van der Waals surface area (Å²) >= 11 is 0. The van der Waals surface area contributed by atoms with Crippen molar-refractivity contribution in [1.29, 1.82) is 0 Å². The number of nitrogens with one attached hydrogen (secondary N) is 1. The average Bonchev–Trinajstić information content (AvgIpc) is 2.45. The number of hydrogen-bond acceptors (Lipinski definition) is 3. The van der Waals surface area contributed by atoms with Crippen molar-refractivity contribution >= 4 is 16.7 Å². The van der Waals surface area contributed by atoms with Gasteiger partial charge in [-0.1, -0.05) is 0 Å². The molecule has 4 nitrogen and oxygen atoms in total. The monoisotopic (exact) mass is 150 g/mol. The molecule has 0 aliphatic heterocycles. The van der Waals surface area contributed by atoms with Gasteiger partial charge in [0.2, 0.25) is 0 Å². The summed E-state index contributed by atoms with van der Waals surface area (Å²) in [6.45, 7) is 0. The number of H-pyrrole nitrogens is 1. The summed E-state index contributed by atoms with van der Waals surface area (Å²) in [5.41, 5.74) is 5.98. The van der Waals surface area contributed by atoms with Crippen molar-refractivity contribution in [2.24, 2.45) is 0 Å². The summed E-state index contributed by atoms with van der Waals surface area (Å²) in [7, 11) is 0. The normalized spacial score (nSPS) is 10.5. The topological polar surface area (TPSA) is 72.0 Å². The smallest absolute Gasteiger partial charge is 0.271 e. The van der Waals surface area contributed by atoms with Crippen LogP contribution in [-0.2, 0) is 0 Å². The van der Waals surface area contributed by atoms with Crippen LogP contribution in [0.25, 0.3) is 11.0 Å². The Morgan fingerprint density at radius 1 is 1.55 bits per heavy atom. The molecule has 2 heterocycles. The molecule has 4 heteroatoms. The van der Waals surface area contributed by atoms with Crippen molar-refractivity contribution in [3.05, 3.63) is 28.9 Å². The van der Waals surface area contributed by atoms with Crippen LogP contribution in [0.4, 0.5) is 5.69 Å². The summed E-state index contributed by atoms with van der Waals surface area (Å²) in [4.78, 5) is 13.4. The van der Waals surface area contributed by atoms with Crippen LogP contribution in [0.5, 0.6) is 0 Å². The van der Waals surface area contributed by atoms with E-state index in [9.17, 15) is 4.79 Å². The summed E-state index contributed by atoms with van der Waals surface area (Å²) in [6, 6.07) is 1.67. The maximum atomic E-state index is 10.9. The van der Waals surface area contributed by atoms with Crippen LogP contribution < -0.4 is 11.3 Å². The lowest BCUT2D eigenvalue weighted by atomic mass is 10.3. The number of pyridine rings is 1. The number of nitrogen functional groups attached to an aromatic ring is 1. The molecule has 0 radical (unpaired) electrons. The summed E-state index contributed by atoms with van der Waals surface area (Å²) in [5, 5.41) is 0.661. The Morgan fingerprint density at radius 3 is 3.18 bits per heavy atom. The molecular formula is C7H6N2O2. The van der Waals surface area contributed by atoms with E-state index in [-0.39, 0.29) is 11.2 Å². The minimum absolute atomic E-state index is 0.205. The van der Waals surface area contributed by atoms with E-state index in [2.05, 4.69) is 4.98 Å². The Kier molecular flexibility index (Phi) is 1.03. The van der Waals surface area contributed by atoms with Crippen LogP contribution in [0.1, 0.15) is 0 Å². The molecule has 0 aromatic carbocycles. The van der Waals surface area contributed by atoms with Crippen molar-refractivity contribution in [2.45, 2.75) is 0 Å². The third-order valence-electron chi connectivity index (χ3n) is 1.56. The molecule has 3 N–H and O–H groups in total. The van der Waals surface area contributed by atoms with Gasteiger partial charge in [0.05, 0.1) is 11.6 Å². The van der Waals surface area contributed by atoms with Gasteiger partial charge in [-0.05, 0) is 6.07 Å². The minimum atomic E-state index is -0.279. The lowest BCUT2D eigenvalue weighted by Gasteiger charge is -1.90. The van der Waals surface area contributed by atoms with Gasteiger partial charge in [0.15, 0.2) is 5.58 Å². The molecule has 2 aromatic heterocycles. The van der Waals surface area contributed by atoms with Crippen LogP contribution in [0, 0.1) is 0 Å². The molecule has 2 aromatic rings. The third-order valence-corrected chi connectivity index (χ3v) is 1.56. The fourth-order valence-electron chi connectivity index (χ4n) is 0.986. The quantitative estimate of drug-likeness (QED) is 0.580. The molecule has 0 amide bonds. The SMILES string of the molecule is Nc1c(=O)[nH]cc2occc12. The fourth-order valence-corrected chi connectivity index (χ4v) is 0.986. The molecule has 0 saturated carbocycles. The molecule has 0 bridgehead atoms. The number of fused-ring (bicyclic) bond motifs is 1. The summed E-state index contributed by atoms with van der Waals surface area (Å²) in [5.74, 6) is 0. The number of rotatable bonds is 0. The number of nitrogens with two attached hydrogens (primary N) is 1. The summed E-state index contributed by atoms with van der Waals surface area (Å²) in [6.07, 6.45) is 2.99. The number of furan rings is 1. The second kappa shape index (κ2) is 1.88. The van der Waals surface area contributed by atoms with E-state index in [1.165, 1.54) is 12.5 Å². The highest BCUT2D eigenvalue weighted by atomic mass is 16.3. The summed E-state index contributed by atoms with van der Waals surface area (Å²) < 4.78 is 5.00. The number of aromatic nitrogens is 1. The molecule has 0 saturated heterocycles. The first kappa shape index (κ1) is 6.03. The van der Waals surface area contributed by atoms with Crippen LogP contribution in [0.15, 0.2) is 27.7 Å². The minimum Gasteiger partial charge on any atom is -0.463 e. The molecule has 0 spiro atoms. The highest BCUT2D eigenvalue weighted by Crippen LogP contribution is 2.16. The molecule has 11 heavy (non-hydrogen) atoms. The van der Waals surface area contributed by atoms with E-state index < -0.39 is 0 Å². The Labute approximate surface area is 61.6 Å². The van der Waals surface area contributed by atoms with Crippen molar-refractivity contribution in [1.82, 2.24) is 4.98 Å². The Morgan fingerprint density at radius 2 is 2.36 bits per heavy atom. The number of hydrogen-bond donors (Lipinski definition) is 2. The van der Waals surface area contributed by atoms with Crippen LogP contribution in [0.2, 0.25) is 0 Å². The number of anilines is 1. The molecule has 0 aliphatic carbocycles. The first-order chi connectivity index (χ1) is 5.29. The Bertz CT molecular complexity index is 441. The zero-order valence-electron chi connectivity index (χ0n) is 5.63. The van der Waals surface area contributed by atoms with Gasteiger partial charge in [-0.15, -0.1) is 0 Å². The van der Waals surface area contributed by atoms with Crippen molar-refractivity contribution in [2.75, 3.05) is 5.73 Å². The molecule has 0 fully saturated rings. The van der Waals surface area contributed by atoms with E-state index in [4.69, 9.17) is 10.2 Å². The van der Waals surface area contributed by atoms with Gasteiger partial charge in [0.1, 0.15) is 5.69 Å². The van der Waals surface area contributed by atoms with Crippen molar-refractivity contribution in [3.63, 3.8) is 0 Å². The van der Waals surface area contributed by atoms with Gasteiger partial charge >= 0.3 is 0 Å². The van der Waals surface area contributed by atoms with Crippen LogP contribution in [-0.4, -0.2) is 4.98 Å². The second-order valence-electron chi connectivity index (χ2n) is 2.23. The first-order valence-corrected chi connectivity index (χ1v) is 3.13. The molecule has 0 atom stereocenters. The maximum Gasteiger partial charge on any atom is 0.271 e. The first-order valence-electron chi connectivity index (χ1n) is 3.13. The van der Waals surface area contributed by atoms with E-state index in [0.29, 0.717) is 11.0 Å². The molecule has 56 valence electrons. The number of aromatic amines is 1. The Balaban J connectivity index is 3.04. The van der Waals surface area contributed by atoms with Crippen molar-refractivity contribution < 1.29 is 4.42 Å². The lowest BCUT2D eigenvalue weighted by Crippen LogP contribution is -2.10. The standard InChI is InChI=1S/C7H6N2O2/c8-6-4-1-2-11-5(4)3-9-7(6)10/h1-3H,8H2,(H,9,10). The van der Waals surface area contributed by atoms with Crippen molar-refractivity contribution in [3.8, 4) is 0 Å². The average molecular weight is 150 g/mol. The van der Waals surface area contributed by atoms with E-state index in [1.54, 1.807) is 6.07 Å². The zero-order chi connectivity index (χ0) is 7.84.